The Morgan fingerprint density at radius 1 is 0.867 bits per heavy atom. The van der Waals surface area contributed by atoms with Gasteiger partial charge in [-0.05, 0) is 35.4 Å². The first kappa shape index (κ1) is 12.8. The Bertz CT molecular complexity index is 324. The second kappa shape index (κ2) is 5.16. The van der Waals surface area contributed by atoms with Crippen LogP contribution in [-0.2, 0) is 0 Å². The summed E-state index contributed by atoms with van der Waals surface area (Å²) in [5.41, 5.74) is 4.36. The lowest BCUT2D eigenvalue weighted by molar-refractivity contribution is 0.787. The van der Waals surface area contributed by atoms with Gasteiger partial charge in [-0.25, -0.2) is 0 Å². The molecule has 1 rings (SSSR count). The van der Waals surface area contributed by atoms with E-state index in [1.54, 1.807) is 0 Å². The van der Waals surface area contributed by atoms with Crippen LogP contribution in [0.1, 0.15) is 68.0 Å². The fourth-order valence-electron chi connectivity index (χ4n) is 1.87. The van der Waals surface area contributed by atoms with Crippen LogP contribution < -0.4 is 0 Å². The van der Waals surface area contributed by atoms with Gasteiger partial charge in [-0.3, -0.25) is 0 Å². The van der Waals surface area contributed by atoms with Crippen molar-refractivity contribution >= 4 is 15.9 Å². The van der Waals surface area contributed by atoms with Gasteiger partial charge in [0.1, 0.15) is 0 Å². The molecule has 0 nitrogen and oxygen atoms in total. The minimum absolute atomic E-state index is 0.441. The summed E-state index contributed by atoms with van der Waals surface area (Å²) in [6.07, 6.45) is 0. The number of hydrogen-bond donors (Lipinski definition) is 0. The summed E-state index contributed by atoms with van der Waals surface area (Å²) in [4.78, 5) is 0.441. The summed E-state index contributed by atoms with van der Waals surface area (Å²) in [5.74, 6) is 1.22. The first-order chi connectivity index (χ1) is 6.93. The van der Waals surface area contributed by atoms with Crippen LogP contribution in [-0.4, -0.2) is 0 Å². The molecule has 0 aromatic heterocycles. The molecule has 0 spiro atoms. The topological polar surface area (TPSA) is 0 Å². The molecule has 1 aromatic rings. The maximum Gasteiger partial charge on any atom is 0.0367 e. The van der Waals surface area contributed by atoms with Gasteiger partial charge in [0, 0.05) is 4.83 Å². The summed E-state index contributed by atoms with van der Waals surface area (Å²) >= 11 is 3.63. The van der Waals surface area contributed by atoms with Crippen LogP contribution in [0.25, 0.3) is 0 Å². The van der Waals surface area contributed by atoms with Gasteiger partial charge in [-0.1, -0.05) is 61.8 Å². The highest BCUT2D eigenvalue weighted by Gasteiger charge is 2.12. The number of rotatable bonds is 3. The molecule has 0 bridgehead atoms. The van der Waals surface area contributed by atoms with Gasteiger partial charge in [-0.15, -0.1) is 0 Å². The lowest BCUT2D eigenvalue weighted by Crippen LogP contribution is -2.00. The fourth-order valence-corrected chi connectivity index (χ4v) is 2.15. The van der Waals surface area contributed by atoms with Crippen molar-refractivity contribution in [2.45, 2.75) is 51.3 Å². The van der Waals surface area contributed by atoms with E-state index in [4.69, 9.17) is 0 Å². The molecule has 0 aliphatic rings. The Hall–Kier alpha value is -0.300. The van der Waals surface area contributed by atoms with Crippen LogP contribution >= 0.6 is 15.9 Å². The van der Waals surface area contributed by atoms with Crippen molar-refractivity contribution in [3.05, 3.63) is 34.9 Å². The van der Waals surface area contributed by atoms with E-state index in [9.17, 15) is 0 Å². The average molecular weight is 269 g/mol. The summed E-state index contributed by atoms with van der Waals surface area (Å²) in [7, 11) is 0. The van der Waals surface area contributed by atoms with Gasteiger partial charge in [0.05, 0.1) is 0 Å². The summed E-state index contributed by atoms with van der Waals surface area (Å²) in [5, 5.41) is 0. The zero-order chi connectivity index (χ0) is 11.6. The van der Waals surface area contributed by atoms with Gasteiger partial charge >= 0.3 is 0 Å². The molecule has 0 fully saturated rings. The number of alkyl halides is 1. The minimum atomic E-state index is 0.441. The highest BCUT2D eigenvalue weighted by molar-refractivity contribution is 9.09. The van der Waals surface area contributed by atoms with E-state index in [-0.39, 0.29) is 0 Å². The van der Waals surface area contributed by atoms with E-state index in [1.807, 2.05) is 0 Å². The molecule has 15 heavy (non-hydrogen) atoms. The van der Waals surface area contributed by atoms with Gasteiger partial charge < -0.3 is 0 Å². The Morgan fingerprint density at radius 2 is 1.40 bits per heavy atom. The minimum Gasteiger partial charge on any atom is -0.0842 e. The van der Waals surface area contributed by atoms with E-state index in [0.29, 0.717) is 16.7 Å². The third kappa shape index (κ3) is 3.07. The average Bonchev–Trinajstić information content (AvgIpc) is 2.16. The lowest BCUT2D eigenvalue weighted by Gasteiger charge is -2.18. The Kier molecular flexibility index (Phi) is 4.39. The molecule has 84 valence electrons. The van der Waals surface area contributed by atoms with Gasteiger partial charge in [0.25, 0.3) is 0 Å². The maximum absolute atomic E-state index is 3.63. The second-order valence-electron chi connectivity index (χ2n) is 4.81. The second-order valence-corrected chi connectivity index (χ2v) is 6.19. The van der Waals surface area contributed by atoms with Crippen LogP contribution in [0.4, 0.5) is 0 Å². The summed E-state index contributed by atoms with van der Waals surface area (Å²) in [6.45, 7) is 11.2. The van der Waals surface area contributed by atoms with E-state index in [0.717, 1.165) is 0 Å². The molecule has 0 N–H and O–H groups in total. The molecule has 0 saturated carbocycles. The third-order valence-electron chi connectivity index (χ3n) is 2.81. The number of halogens is 1. The monoisotopic (exact) mass is 268 g/mol. The molecule has 0 aliphatic heterocycles. The highest BCUT2D eigenvalue weighted by Crippen LogP contribution is 2.31. The molecule has 0 radical (unpaired) electrons. The van der Waals surface area contributed by atoms with Crippen molar-refractivity contribution in [2.75, 3.05) is 0 Å². The van der Waals surface area contributed by atoms with Crippen molar-refractivity contribution in [1.82, 2.24) is 0 Å². The summed E-state index contributed by atoms with van der Waals surface area (Å²) in [6, 6.07) is 6.87. The fraction of sp³-hybridized carbons (Fsp3) is 0.571. The first-order valence-electron chi connectivity index (χ1n) is 5.71. The van der Waals surface area contributed by atoms with E-state index >= 15 is 0 Å². The standard InChI is InChI=1S/C14H21Br/c1-9(2)13-7-6-12(11(5)15)8-14(13)10(3)4/h6-11H,1-5H3/t11-/m1/s1. The normalized spacial score (nSPS) is 13.6. The lowest BCUT2D eigenvalue weighted by atomic mass is 9.89. The van der Waals surface area contributed by atoms with Crippen LogP contribution in [0.3, 0.4) is 0 Å². The highest BCUT2D eigenvalue weighted by atomic mass is 79.9. The van der Waals surface area contributed by atoms with E-state index in [2.05, 4.69) is 68.7 Å². The maximum atomic E-state index is 3.63. The Balaban J connectivity index is 3.21. The number of benzene rings is 1. The molecule has 0 saturated heterocycles. The molecule has 1 atom stereocenters. The SMILES string of the molecule is CC(C)c1ccc([C@@H](C)Br)cc1C(C)C. The van der Waals surface area contributed by atoms with Crippen molar-refractivity contribution in [3.63, 3.8) is 0 Å². The smallest absolute Gasteiger partial charge is 0.0367 e. The van der Waals surface area contributed by atoms with Crippen LogP contribution in [0.5, 0.6) is 0 Å². The molecule has 1 heteroatoms. The van der Waals surface area contributed by atoms with Gasteiger partial charge in [-0.2, -0.15) is 0 Å². The van der Waals surface area contributed by atoms with E-state index < -0.39 is 0 Å². The Morgan fingerprint density at radius 3 is 1.80 bits per heavy atom. The van der Waals surface area contributed by atoms with Crippen LogP contribution in [0.15, 0.2) is 18.2 Å². The van der Waals surface area contributed by atoms with Crippen LogP contribution in [0.2, 0.25) is 0 Å². The molecule has 0 amide bonds. The molecule has 0 heterocycles. The van der Waals surface area contributed by atoms with Gasteiger partial charge in [0.2, 0.25) is 0 Å². The predicted molar refractivity (Wildman–Crippen MR) is 72.0 cm³/mol. The van der Waals surface area contributed by atoms with Crippen molar-refractivity contribution in [3.8, 4) is 0 Å². The largest absolute Gasteiger partial charge is 0.0842 e. The number of hydrogen-bond acceptors (Lipinski definition) is 0. The quantitative estimate of drug-likeness (QED) is 0.645. The van der Waals surface area contributed by atoms with E-state index in [1.165, 1.54) is 16.7 Å². The first-order valence-corrected chi connectivity index (χ1v) is 6.62. The van der Waals surface area contributed by atoms with Crippen molar-refractivity contribution < 1.29 is 0 Å². The molecular weight excluding hydrogens is 248 g/mol. The van der Waals surface area contributed by atoms with Crippen molar-refractivity contribution in [2.24, 2.45) is 0 Å². The van der Waals surface area contributed by atoms with Crippen LogP contribution in [0, 0.1) is 0 Å². The molecule has 0 unspecified atom stereocenters. The zero-order valence-electron chi connectivity index (χ0n) is 10.3. The Labute approximate surface area is 102 Å². The predicted octanol–water partition coefficient (Wildman–Crippen LogP) is 5.39. The van der Waals surface area contributed by atoms with Gasteiger partial charge in [0.15, 0.2) is 0 Å². The molecule has 1 aromatic carbocycles. The molecule has 0 aliphatic carbocycles. The van der Waals surface area contributed by atoms with Crippen molar-refractivity contribution in [1.29, 1.82) is 0 Å². The zero-order valence-corrected chi connectivity index (χ0v) is 11.9. The summed E-state index contributed by atoms with van der Waals surface area (Å²) < 4.78 is 0. The molecular formula is C14H21Br. The third-order valence-corrected chi connectivity index (χ3v) is 3.34.